The number of imidazole rings is 1. The predicted molar refractivity (Wildman–Crippen MR) is 64.6 cm³/mol. The van der Waals surface area contributed by atoms with Crippen molar-refractivity contribution in [3.8, 4) is 0 Å². The molecular weight excluding hydrogens is 206 g/mol. The molecule has 0 saturated carbocycles. The summed E-state index contributed by atoms with van der Waals surface area (Å²) in [7, 11) is 0. The van der Waals surface area contributed by atoms with Crippen molar-refractivity contribution in [1.82, 2.24) is 14.5 Å². The van der Waals surface area contributed by atoms with Crippen LogP contribution in [0.3, 0.4) is 0 Å². The summed E-state index contributed by atoms with van der Waals surface area (Å²) < 4.78 is 2.86. The fourth-order valence-corrected chi connectivity index (χ4v) is 1.98. The number of aromatic nitrogens is 3. The van der Waals surface area contributed by atoms with E-state index in [1.54, 1.807) is 0 Å². The first kappa shape index (κ1) is 10.4. The molecule has 15 heavy (non-hydrogen) atoms. The van der Waals surface area contributed by atoms with Crippen molar-refractivity contribution < 1.29 is 0 Å². The Kier molecular flexibility index (Phi) is 2.86. The van der Waals surface area contributed by atoms with Crippen LogP contribution in [0.5, 0.6) is 0 Å². The second-order valence-electron chi connectivity index (χ2n) is 3.76. The number of H-pyrrole nitrogens is 1. The topological polar surface area (TPSA) is 33.6 Å². The number of fused-ring (bicyclic) bond motifs is 1. The third kappa shape index (κ3) is 1.81. The molecule has 3 nitrogen and oxygen atoms in total. The van der Waals surface area contributed by atoms with E-state index in [1.807, 2.05) is 12.3 Å². The van der Waals surface area contributed by atoms with E-state index in [9.17, 15) is 0 Å². The third-order valence-electron chi connectivity index (χ3n) is 2.61. The zero-order chi connectivity index (χ0) is 10.8. The first-order valence-corrected chi connectivity index (χ1v) is 5.69. The summed E-state index contributed by atoms with van der Waals surface area (Å²) in [6.07, 6.45) is 4.14. The van der Waals surface area contributed by atoms with Gasteiger partial charge in [0.15, 0.2) is 10.4 Å². The van der Waals surface area contributed by atoms with Gasteiger partial charge in [-0.3, -0.25) is 0 Å². The SMILES string of the molecule is CCCCn1c(=S)[nH]c2c(C)ccnc21. The highest BCUT2D eigenvalue weighted by Crippen LogP contribution is 2.15. The van der Waals surface area contributed by atoms with Crippen LogP contribution in [-0.2, 0) is 6.54 Å². The van der Waals surface area contributed by atoms with Gasteiger partial charge in [-0.25, -0.2) is 4.98 Å². The van der Waals surface area contributed by atoms with Crippen molar-refractivity contribution in [3.63, 3.8) is 0 Å². The zero-order valence-corrected chi connectivity index (χ0v) is 9.90. The van der Waals surface area contributed by atoms with E-state index in [0.717, 1.165) is 28.9 Å². The van der Waals surface area contributed by atoms with E-state index in [-0.39, 0.29) is 0 Å². The molecular formula is C11H15N3S. The van der Waals surface area contributed by atoms with Gasteiger partial charge >= 0.3 is 0 Å². The molecule has 0 bridgehead atoms. The Balaban J connectivity index is 2.58. The van der Waals surface area contributed by atoms with E-state index in [4.69, 9.17) is 12.2 Å². The molecule has 0 radical (unpaired) electrons. The summed E-state index contributed by atoms with van der Waals surface area (Å²) in [5, 5.41) is 0. The van der Waals surface area contributed by atoms with Crippen molar-refractivity contribution in [2.45, 2.75) is 33.2 Å². The van der Waals surface area contributed by atoms with Crippen LogP contribution in [-0.4, -0.2) is 14.5 Å². The maximum atomic E-state index is 5.29. The Morgan fingerprint density at radius 3 is 3.07 bits per heavy atom. The minimum atomic E-state index is 0.778. The van der Waals surface area contributed by atoms with Gasteiger partial charge in [-0.1, -0.05) is 13.3 Å². The first-order chi connectivity index (χ1) is 7.24. The molecule has 2 aromatic heterocycles. The fraction of sp³-hybridized carbons (Fsp3) is 0.455. The lowest BCUT2D eigenvalue weighted by Gasteiger charge is -2.01. The van der Waals surface area contributed by atoms with Gasteiger partial charge in [-0.2, -0.15) is 0 Å². The molecule has 0 atom stereocenters. The van der Waals surface area contributed by atoms with Crippen LogP contribution in [0.1, 0.15) is 25.3 Å². The van der Waals surface area contributed by atoms with E-state index in [0.29, 0.717) is 0 Å². The number of aromatic amines is 1. The molecule has 0 fully saturated rings. The Bertz CT molecular complexity index is 524. The van der Waals surface area contributed by atoms with Crippen LogP contribution >= 0.6 is 12.2 Å². The summed E-state index contributed by atoms with van der Waals surface area (Å²) >= 11 is 5.29. The molecule has 2 heterocycles. The molecule has 0 aliphatic rings. The van der Waals surface area contributed by atoms with E-state index < -0.39 is 0 Å². The average Bonchev–Trinajstić information content (AvgIpc) is 2.54. The highest BCUT2D eigenvalue weighted by atomic mass is 32.1. The summed E-state index contributed by atoms with van der Waals surface area (Å²) in [6, 6.07) is 2.00. The summed E-state index contributed by atoms with van der Waals surface area (Å²) in [4.78, 5) is 7.60. The quantitative estimate of drug-likeness (QED) is 0.807. The molecule has 2 aromatic rings. The Morgan fingerprint density at radius 2 is 2.33 bits per heavy atom. The minimum Gasteiger partial charge on any atom is -0.329 e. The highest BCUT2D eigenvalue weighted by Gasteiger charge is 2.06. The normalized spacial score (nSPS) is 11.1. The third-order valence-corrected chi connectivity index (χ3v) is 2.93. The standard InChI is InChI=1S/C11H15N3S/c1-3-4-7-14-10-9(13-11(14)15)8(2)5-6-12-10/h5-6H,3-4,7H2,1-2H3,(H,13,15). The van der Waals surface area contributed by atoms with Crippen LogP contribution in [0, 0.1) is 11.7 Å². The number of nitrogens with zero attached hydrogens (tertiary/aromatic N) is 2. The summed E-state index contributed by atoms with van der Waals surface area (Å²) in [5.74, 6) is 0. The number of nitrogens with one attached hydrogen (secondary N) is 1. The average molecular weight is 221 g/mol. The smallest absolute Gasteiger partial charge is 0.179 e. The lowest BCUT2D eigenvalue weighted by molar-refractivity contribution is 0.635. The van der Waals surface area contributed by atoms with E-state index in [1.165, 1.54) is 12.0 Å². The molecule has 0 spiro atoms. The molecule has 0 aliphatic carbocycles. The van der Waals surface area contributed by atoms with Crippen LogP contribution in [0.25, 0.3) is 11.2 Å². The van der Waals surface area contributed by atoms with Crippen LogP contribution < -0.4 is 0 Å². The van der Waals surface area contributed by atoms with Crippen molar-refractivity contribution >= 4 is 23.4 Å². The number of rotatable bonds is 3. The van der Waals surface area contributed by atoms with Crippen molar-refractivity contribution in [1.29, 1.82) is 0 Å². The van der Waals surface area contributed by atoms with Crippen LogP contribution in [0.2, 0.25) is 0 Å². The van der Waals surface area contributed by atoms with Crippen molar-refractivity contribution in [2.24, 2.45) is 0 Å². The molecule has 0 amide bonds. The van der Waals surface area contributed by atoms with Gasteiger partial charge < -0.3 is 9.55 Å². The van der Waals surface area contributed by atoms with Gasteiger partial charge in [0.1, 0.15) is 0 Å². The highest BCUT2D eigenvalue weighted by molar-refractivity contribution is 7.71. The Hall–Kier alpha value is -1.16. The van der Waals surface area contributed by atoms with Gasteiger partial charge in [-0.05, 0) is 37.2 Å². The molecule has 4 heteroatoms. The van der Waals surface area contributed by atoms with Crippen LogP contribution in [0.4, 0.5) is 0 Å². The van der Waals surface area contributed by atoms with Gasteiger partial charge in [0.25, 0.3) is 0 Å². The van der Waals surface area contributed by atoms with E-state index in [2.05, 4.69) is 28.4 Å². The number of aryl methyl sites for hydroxylation is 2. The largest absolute Gasteiger partial charge is 0.329 e. The molecule has 0 aliphatic heterocycles. The molecule has 0 saturated heterocycles. The number of unbranched alkanes of at least 4 members (excludes halogenated alkanes) is 1. The zero-order valence-electron chi connectivity index (χ0n) is 9.08. The fourth-order valence-electron chi connectivity index (χ4n) is 1.70. The van der Waals surface area contributed by atoms with Crippen molar-refractivity contribution in [2.75, 3.05) is 0 Å². The molecule has 2 rings (SSSR count). The van der Waals surface area contributed by atoms with E-state index >= 15 is 0 Å². The van der Waals surface area contributed by atoms with Crippen LogP contribution in [0.15, 0.2) is 12.3 Å². The minimum absolute atomic E-state index is 0.778. The van der Waals surface area contributed by atoms with Gasteiger partial charge in [0.05, 0.1) is 5.52 Å². The predicted octanol–water partition coefficient (Wildman–Crippen LogP) is 3.20. The first-order valence-electron chi connectivity index (χ1n) is 5.28. The molecule has 0 aromatic carbocycles. The second-order valence-corrected chi connectivity index (χ2v) is 4.15. The monoisotopic (exact) mass is 221 g/mol. The lowest BCUT2D eigenvalue weighted by atomic mass is 10.3. The number of hydrogen-bond acceptors (Lipinski definition) is 2. The van der Waals surface area contributed by atoms with Gasteiger partial charge in [0.2, 0.25) is 0 Å². The second kappa shape index (κ2) is 4.14. The lowest BCUT2D eigenvalue weighted by Crippen LogP contribution is -1.98. The van der Waals surface area contributed by atoms with Gasteiger partial charge in [-0.15, -0.1) is 0 Å². The number of pyridine rings is 1. The Morgan fingerprint density at radius 1 is 1.53 bits per heavy atom. The Labute approximate surface area is 94.2 Å². The number of hydrogen-bond donors (Lipinski definition) is 1. The van der Waals surface area contributed by atoms with Gasteiger partial charge in [0, 0.05) is 12.7 Å². The molecule has 80 valence electrons. The maximum Gasteiger partial charge on any atom is 0.179 e. The van der Waals surface area contributed by atoms with Crippen molar-refractivity contribution in [3.05, 3.63) is 22.6 Å². The maximum absolute atomic E-state index is 5.29. The molecule has 1 N–H and O–H groups in total. The summed E-state index contributed by atoms with van der Waals surface area (Å²) in [5.41, 5.74) is 3.24. The summed E-state index contributed by atoms with van der Waals surface area (Å²) in [6.45, 7) is 5.20. The molecule has 0 unspecified atom stereocenters.